The van der Waals surface area contributed by atoms with Gasteiger partial charge in [-0.2, -0.15) is 4.72 Å². The van der Waals surface area contributed by atoms with Gasteiger partial charge < -0.3 is 10.6 Å². The van der Waals surface area contributed by atoms with E-state index in [0.717, 1.165) is 0 Å². The van der Waals surface area contributed by atoms with Crippen molar-refractivity contribution in [3.05, 3.63) is 29.3 Å². The molecule has 0 radical (unpaired) electrons. The summed E-state index contributed by atoms with van der Waals surface area (Å²) in [5, 5.41) is 0.444. The van der Waals surface area contributed by atoms with E-state index in [1.165, 1.54) is 36.1 Å². The second-order valence-electron chi connectivity index (χ2n) is 6.25. The molecule has 0 saturated heterocycles. The van der Waals surface area contributed by atoms with Gasteiger partial charge in [0.25, 0.3) is 0 Å². The number of nitrogens with zero attached hydrogens (tertiary/aromatic N) is 1. The first-order valence-electron chi connectivity index (χ1n) is 7.83. The van der Waals surface area contributed by atoms with Crippen LogP contribution in [0.1, 0.15) is 27.2 Å². The van der Waals surface area contributed by atoms with Crippen molar-refractivity contribution < 1.29 is 13.2 Å². The second kappa shape index (κ2) is 8.80. The number of hydrogen-bond donors (Lipinski definition) is 2. The Morgan fingerprint density at radius 3 is 2.29 bits per heavy atom. The molecule has 136 valence electrons. The van der Waals surface area contributed by atoms with Crippen molar-refractivity contribution in [1.82, 2.24) is 9.62 Å². The average Bonchev–Trinajstić information content (AvgIpc) is 2.51. The summed E-state index contributed by atoms with van der Waals surface area (Å²) in [6.45, 7) is 6.05. The lowest BCUT2D eigenvalue weighted by Gasteiger charge is -2.24. The van der Waals surface area contributed by atoms with E-state index < -0.39 is 16.1 Å². The van der Waals surface area contributed by atoms with Crippen molar-refractivity contribution in [3.63, 3.8) is 0 Å². The second-order valence-corrected chi connectivity index (χ2v) is 8.40. The highest BCUT2D eigenvalue weighted by molar-refractivity contribution is 7.89. The summed E-state index contributed by atoms with van der Waals surface area (Å²) in [7, 11) is -2.14. The first-order valence-corrected chi connectivity index (χ1v) is 9.69. The van der Waals surface area contributed by atoms with Crippen LogP contribution in [-0.4, -0.2) is 44.9 Å². The molecule has 24 heavy (non-hydrogen) atoms. The Bertz CT molecular complexity index is 647. The van der Waals surface area contributed by atoms with E-state index in [4.69, 9.17) is 17.3 Å². The lowest BCUT2D eigenvalue weighted by molar-refractivity contribution is -0.131. The molecule has 0 spiro atoms. The standard InChI is InChI=1S/C16H26ClN3O3S/c1-11(2)15(18)9-10-20(4)16(21)12(3)19-24(22,23)14-7-5-13(17)6-8-14/h5-8,11-12,15,19H,9-10,18H2,1-4H3. The fourth-order valence-corrected chi connectivity index (χ4v) is 3.40. The summed E-state index contributed by atoms with van der Waals surface area (Å²) < 4.78 is 27.0. The van der Waals surface area contributed by atoms with E-state index in [1.54, 1.807) is 7.05 Å². The Morgan fingerprint density at radius 1 is 1.25 bits per heavy atom. The minimum atomic E-state index is -3.78. The fraction of sp³-hybridized carbons (Fsp3) is 0.562. The van der Waals surface area contributed by atoms with Gasteiger partial charge in [0.15, 0.2) is 0 Å². The maximum Gasteiger partial charge on any atom is 0.241 e. The maximum absolute atomic E-state index is 12.3. The molecule has 8 heteroatoms. The number of rotatable bonds is 8. The van der Waals surface area contributed by atoms with Gasteiger partial charge in [0, 0.05) is 24.7 Å². The molecule has 0 aliphatic carbocycles. The van der Waals surface area contributed by atoms with E-state index in [0.29, 0.717) is 23.9 Å². The van der Waals surface area contributed by atoms with Gasteiger partial charge >= 0.3 is 0 Å². The summed E-state index contributed by atoms with van der Waals surface area (Å²) >= 11 is 5.76. The minimum absolute atomic E-state index is 0.00122. The van der Waals surface area contributed by atoms with Crippen LogP contribution in [-0.2, 0) is 14.8 Å². The Labute approximate surface area is 149 Å². The normalized spacial score (nSPS) is 14.5. The molecule has 6 nitrogen and oxygen atoms in total. The number of likely N-dealkylation sites (N-methyl/N-ethyl adjacent to an activating group) is 1. The van der Waals surface area contributed by atoms with Crippen molar-refractivity contribution in [3.8, 4) is 0 Å². The van der Waals surface area contributed by atoms with E-state index in [1.807, 2.05) is 13.8 Å². The van der Waals surface area contributed by atoms with Crippen LogP contribution in [0.4, 0.5) is 0 Å². The molecule has 0 aliphatic rings. The number of hydrogen-bond acceptors (Lipinski definition) is 4. The molecular weight excluding hydrogens is 350 g/mol. The molecule has 1 rings (SSSR count). The molecule has 0 aromatic heterocycles. The molecule has 0 bridgehead atoms. The van der Waals surface area contributed by atoms with E-state index in [9.17, 15) is 13.2 Å². The first kappa shape index (κ1) is 20.9. The highest BCUT2D eigenvalue weighted by atomic mass is 35.5. The zero-order chi connectivity index (χ0) is 18.5. The average molecular weight is 376 g/mol. The van der Waals surface area contributed by atoms with E-state index in [2.05, 4.69) is 4.72 Å². The molecule has 0 aliphatic heterocycles. The Kier molecular flexibility index (Phi) is 7.66. The molecule has 0 heterocycles. The minimum Gasteiger partial charge on any atom is -0.344 e. The third kappa shape index (κ3) is 6.05. The van der Waals surface area contributed by atoms with Crippen LogP contribution < -0.4 is 10.5 Å². The van der Waals surface area contributed by atoms with Crippen molar-refractivity contribution in [2.24, 2.45) is 11.7 Å². The Balaban J connectivity index is 2.67. The van der Waals surface area contributed by atoms with Gasteiger partial charge in [-0.1, -0.05) is 25.4 Å². The number of carbonyl (C=O) groups is 1. The summed E-state index contributed by atoms with van der Waals surface area (Å²) in [6, 6.07) is 4.90. The summed E-state index contributed by atoms with van der Waals surface area (Å²) in [6.07, 6.45) is 0.663. The van der Waals surface area contributed by atoms with Crippen LogP contribution in [0.25, 0.3) is 0 Å². The van der Waals surface area contributed by atoms with Gasteiger partial charge in [0.1, 0.15) is 0 Å². The van der Waals surface area contributed by atoms with Gasteiger partial charge in [-0.05, 0) is 43.5 Å². The van der Waals surface area contributed by atoms with Gasteiger partial charge in [0.2, 0.25) is 15.9 Å². The number of benzene rings is 1. The van der Waals surface area contributed by atoms with Crippen molar-refractivity contribution in [2.75, 3.05) is 13.6 Å². The monoisotopic (exact) mass is 375 g/mol. The quantitative estimate of drug-likeness (QED) is 0.725. The highest BCUT2D eigenvalue weighted by Crippen LogP contribution is 2.14. The van der Waals surface area contributed by atoms with Crippen LogP contribution in [0, 0.1) is 5.92 Å². The lowest BCUT2D eigenvalue weighted by Crippen LogP contribution is -2.46. The largest absolute Gasteiger partial charge is 0.344 e. The predicted octanol–water partition coefficient (Wildman–Crippen LogP) is 1.84. The zero-order valence-electron chi connectivity index (χ0n) is 14.5. The molecule has 1 aromatic rings. The topological polar surface area (TPSA) is 92.5 Å². The van der Waals surface area contributed by atoms with Crippen LogP contribution in [0.2, 0.25) is 5.02 Å². The van der Waals surface area contributed by atoms with E-state index in [-0.39, 0.29) is 16.8 Å². The van der Waals surface area contributed by atoms with Crippen LogP contribution in [0.3, 0.4) is 0 Å². The number of sulfonamides is 1. The van der Waals surface area contributed by atoms with Crippen molar-refractivity contribution >= 4 is 27.5 Å². The Morgan fingerprint density at radius 2 is 1.79 bits per heavy atom. The van der Waals surface area contributed by atoms with Crippen LogP contribution >= 0.6 is 11.6 Å². The van der Waals surface area contributed by atoms with Crippen LogP contribution in [0.5, 0.6) is 0 Å². The molecule has 2 atom stereocenters. The predicted molar refractivity (Wildman–Crippen MR) is 96.3 cm³/mol. The summed E-state index contributed by atoms with van der Waals surface area (Å²) in [5.74, 6) is 0.0258. The first-order chi connectivity index (χ1) is 11.0. The van der Waals surface area contributed by atoms with E-state index >= 15 is 0 Å². The summed E-state index contributed by atoms with van der Waals surface area (Å²) in [5.41, 5.74) is 5.97. The molecule has 0 saturated carbocycles. The molecular formula is C16H26ClN3O3S. The maximum atomic E-state index is 12.3. The molecule has 3 N–H and O–H groups in total. The number of nitrogens with one attached hydrogen (secondary N) is 1. The highest BCUT2D eigenvalue weighted by Gasteiger charge is 2.24. The van der Waals surface area contributed by atoms with Crippen molar-refractivity contribution in [1.29, 1.82) is 0 Å². The Hall–Kier alpha value is -1.15. The number of nitrogens with two attached hydrogens (primary N) is 1. The van der Waals surface area contributed by atoms with Crippen LogP contribution in [0.15, 0.2) is 29.2 Å². The fourth-order valence-electron chi connectivity index (χ4n) is 2.08. The van der Waals surface area contributed by atoms with Gasteiger partial charge in [-0.25, -0.2) is 8.42 Å². The molecule has 1 aromatic carbocycles. The third-order valence-electron chi connectivity index (χ3n) is 3.86. The smallest absolute Gasteiger partial charge is 0.241 e. The molecule has 1 amide bonds. The van der Waals surface area contributed by atoms with Gasteiger partial charge in [0.05, 0.1) is 10.9 Å². The number of amides is 1. The molecule has 2 unspecified atom stereocenters. The zero-order valence-corrected chi connectivity index (χ0v) is 16.1. The number of halogens is 1. The van der Waals surface area contributed by atoms with Crippen molar-refractivity contribution in [2.45, 2.75) is 44.2 Å². The SMILES string of the molecule is CC(NS(=O)(=O)c1ccc(Cl)cc1)C(=O)N(C)CCC(N)C(C)C. The van der Waals surface area contributed by atoms with Gasteiger partial charge in [-0.3, -0.25) is 4.79 Å². The lowest BCUT2D eigenvalue weighted by atomic mass is 10.0. The van der Waals surface area contributed by atoms with Gasteiger partial charge in [-0.15, -0.1) is 0 Å². The number of carbonyl (C=O) groups excluding carboxylic acids is 1. The molecule has 0 fully saturated rings. The summed E-state index contributed by atoms with van der Waals surface area (Å²) in [4.78, 5) is 13.9. The third-order valence-corrected chi connectivity index (χ3v) is 5.67.